The number of nitriles is 1. The molecule has 0 aromatic carbocycles. The molecule has 1 heterocycles. The van der Waals surface area contributed by atoms with Gasteiger partial charge in [0.15, 0.2) is 0 Å². The zero-order valence-corrected chi connectivity index (χ0v) is 10.3. The molecule has 0 N–H and O–H groups in total. The number of rotatable bonds is 3. The number of hydrogen-bond acceptors (Lipinski definition) is 4. The molecular formula is C10H7BrF2N2O2. The number of methoxy groups -OCH3 is 1. The highest BCUT2D eigenvalue weighted by atomic mass is 79.9. The van der Waals surface area contributed by atoms with Crippen LogP contribution in [-0.4, -0.2) is 18.1 Å². The summed E-state index contributed by atoms with van der Waals surface area (Å²) in [7, 11) is 1.12. The second kappa shape index (κ2) is 5.68. The van der Waals surface area contributed by atoms with Gasteiger partial charge in [-0.05, 0) is 5.56 Å². The van der Waals surface area contributed by atoms with Crippen LogP contribution >= 0.6 is 15.9 Å². The van der Waals surface area contributed by atoms with E-state index in [9.17, 15) is 13.6 Å². The normalized spacial score (nSPS) is 10.1. The van der Waals surface area contributed by atoms with Crippen LogP contribution in [0.1, 0.15) is 33.6 Å². The van der Waals surface area contributed by atoms with Crippen LogP contribution in [0.15, 0.2) is 6.20 Å². The minimum atomic E-state index is -2.92. The van der Waals surface area contributed by atoms with Crippen molar-refractivity contribution in [2.24, 2.45) is 0 Å². The largest absolute Gasteiger partial charge is 0.465 e. The molecule has 0 aliphatic carbocycles. The third kappa shape index (κ3) is 2.58. The van der Waals surface area contributed by atoms with Crippen LogP contribution < -0.4 is 0 Å². The predicted molar refractivity (Wildman–Crippen MR) is 57.9 cm³/mol. The van der Waals surface area contributed by atoms with Crippen LogP contribution in [0.2, 0.25) is 0 Å². The summed E-state index contributed by atoms with van der Waals surface area (Å²) in [5.41, 5.74) is -0.989. The molecule has 0 bridgehead atoms. The van der Waals surface area contributed by atoms with Gasteiger partial charge >= 0.3 is 5.97 Å². The Morgan fingerprint density at radius 1 is 1.71 bits per heavy atom. The molecule has 1 aromatic heterocycles. The molecule has 90 valence electrons. The first kappa shape index (κ1) is 13.5. The first-order valence-corrected chi connectivity index (χ1v) is 5.53. The lowest BCUT2D eigenvalue weighted by Crippen LogP contribution is -2.12. The first-order valence-electron chi connectivity index (χ1n) is 4.41. The summed E-state index contributed by atoms with van der Waals surface area (Å²) < 4.78 is 29.7. The van der Waals surface area contributed by atoms with E-state index < -0.39 is 23.7 Å². The van der Waals surface area contributed by atoms with Gasteiger partial charge in [0.2, 0.25) is 0 Å². The molecule has 0 radical (unpaired) electrons. The maximum absolute atomic E-state index is 12.6. The van der Waals surface area contributed by atoms with E-state index in [1.54, 1.807) is 6.07 Å². The van der Waals surface area contributed by atoms with Gasteiger partial charge < -0.3 is 4.74 Å². The Labute approximate surface area is 104 Å². The highest BCUT2D eigenvalue weighted by Gasteiger charge is 2.25. The quantitative estimate of drug-likeness (QED) is 0.636. The van der Waals surface area contributed by atoms with Crippen LogP contribution in [0.25, 0.3) is 0 Å². The van der Waals surface area contributed by atoms with Crippen molar-refractivity contribution in [3.63, 3.8) is 0 Å². The maximum atomic E-state index is 12.6. The predicted octanol–water partition coefficient (Wildman–Crippen LogP) is 2.57. The maximum Gasteiger partial charge on any atom is 0.339 e. The van der Waals surface area contributed by atoms with E-state index in [4.69, 9.17) is 5.26 Å². The molecule has 0 aliphatic heterocycles. The van der Waals surface area contributed by atoms with E-state index in [-0.39, 0.29) is 10.9 Å². The number of esters is 1. The zero-order chi connectivity index (χ0) is 13.0. The van der Waals surface area contributed by atoms with Crippen LogP contribution in [0.5, 0.6) is 0 Å². The standard InChI is InChI=1S/C10H7BrF2N2O2/c1-17-10(16)7-5(2-11)4-15-8(9(12)13)6(7)3-14/h4,9H,2H2,1H3. The van der Waals surface area contributed by atoms with Gasteiger partial charge in [0.1, 0.15) is 11.8 Å². The number of alkyl halides is 3. The number of pyridine rings is 1. The second-order valence-corrected chi connectivity index (χ2v) is 3.52. The lowest BCUT2D eigenvalue weighted by Gasteiger charge is -2.10. The number of nitrogens with zero attached hydrogens (tertiary/aromatic N) is 2. The van der Waals surface area contributed by atoms with Gasteiger partial charge in [-0.2, -0.15) is 5.26 Å². The highest BCUT2D eigenvalue weighted by Crippen LogP contribution is 2.26. The van der Waals surface area contributed by atoms with Crippen molar-refractivity contribution >= 4 is 21.9 Å². The summed E-state index contributed by atoms with van der Waals surface area (Å²) in [5, 5.41) is 9.08. The minimum Gasteiger partial charge on any atom is -0.465 e. The van der Waals surface area contributed by atoms with Crippen LogP contribution in [0, 0.1) is 11.3 Å². The molecule has 0 saturated heterocycles. The Kier molecular flexibility index (Phi) is 4.52. The molecule has 1 aromatic rings. The lowest BCUT2D eigenvalue weighted by atomic mass is 10.0. The Bertz CT molecular complexity index is 486. The van der Waals surface area contributed by atoms with Gasteiger partial charge in [-0.15, -0.1) is 0 Å². The monoisotopic (exact) mass is 304 g/mol. The van der Waals surface area contributed by atoms with Gasteiger partial charge in [0.05, 0.1) is 18.2 Å². The third-order valence-corrected chi connectivity index (χ3v) is 2.64. The van der Waals surface area contributed by atoms with Gasteiger partial charge in [-0.25, -0.2) is 13.6 Å². The Morgan fingerprint density at radius 3 is 2.76 bits per heavy atom. The minimum absolute atomic E-state index is 0.169. The van der Waals surface area contributed by atoms with Gasteiger partial charge in [-0.1, -0.05) is 15.9 Å². The summed E-state index contributed by atoms with van der Waals surface area (Å²) in [6.45, 7) is 0. The molecule has 0 aliphatic rings. The second-order valence-electron chi connectivity index (χ2n) is 2.96. The third-order valence-electron chi connectivity index (χ3n) is 2.04. The fourth-order valence-corrected chi connectivity index (χ4v) is 1.71. The number of carbonyl (C=O) groups excluding carboxylic acids is 1. The molecule has 4 nitrogen and oxygen atoms in total. The van der Waals surface area contributed by atoms with E-state index in [0.29, 0.717) is 5.56 Å². The average molecular weight is 305 g/mol. The fourth-order valence-electron chi connectivity index (χ4n) is 1.28. The van der Waals surface area contributed by atoms with Crippen molar-refractivity contribution in [2.45, 2.75) is 11.8 Å². The molecule has 1 rings (SSSR count). The van der Waals surface area contributed by atoms with Crippen molar-refractivity contribution in [1.29, 1.82) is 5.26 Å². The smallest absolute Gasteiger partial charge is 0.339 e. The molecule has 0 fully saturated rings. The summed E-state index contributed by atoms with van der Waals surface area (Å²) in [6, 6.07) is 1.57. The molecule has 7 heteroatoms. The van der Waals surface area contributed by atoms with Crippen LogP contribution in [0.3, 0.4) is 0 Å². The SMILES string of the molecule is COC(=O)c1c(CBr)cnc(C(F)F)c1C#N. The molecule has 0 atom stereocenters. The van der Waals surface area contributed by atoms with E-state index in [0.717, 1.165) is 13.3 Å². The number of hydrogen-bond donors (Lipinski definition) is 0. The summed E-state index contributed by atoms with van der Waals surface area (Å²) in [4.78, 5) is 15.0. The molecule has 17 heavy (non-hydrogen) atoms. The Hall–Kier alpha value is -1.55. The average Bonchev–Trinajstić information content (AvgIpc) is 2.35. The Morgan fingerprint density at radius 2 is 2.35 bits per heavy atom. The number of carbonyl (C=O) groups is 1. The van der Waals surface area contributed by atoms with E-state index in [1.165, 1.54) is 0 Å². The van der Waals surface area contributed by atoms with E-state index >= 15 is 0 Å². The Balaban J connectivity index is 3.56. The topological polar surface area (TPSA) is 63.0 Å². The van der Waals surface area contributed by atoms with Gasteiger partial charge in [-0.3, -0.25) is 4.98 Å². The first-order chi connectivity index (χ1) is 8.06. The summed E-state index contributed by atoms with van der Waals surface area (Å²) in [5.74, 6) is -0.833. The zero-order valence-electron chi connectivity index (χ0n) is 8.71. The van der Waals surface area contributed by atoms with Gasteiger partial charge in [0, 0.05) is 11.5 Å². The van der Waals surface area contributed by atoms with Crippen molar-refractivity contribution in [3.8, 4) is 6.07 Å². The molecule has 0 unspecified atom stereocenters. The van der Waals surface area contributed by atoms with E-state index in [1.807, 2.05) is 0 Å². The summed E-state index contributed by atoms with van der Waals surface area (Å²) in [6.07, 6.45) is -1.79. The molecule has 0 saturated carbocycles. The van der Waals surface area contributed by atoms with Crippen molar-refractivity contribution < 1.29 is 18.3 Å². The highest BCUT2D eigenvalue weighted by molar-refractivity contribution is 9.08. The lowest BCUT2D eigenvalue weighted by molar-refractivity contribution is 0.0598. The van der Waals surface area contributed by atoms with Crippen molar-refractivity contribution in [1.82, 2.24) is 4.98 Å². The van der Waals surface area contributed by atoms with Crippen molar-refractivity contribution in [3.05, 3.63) is 28.6 Å². The van der Waals surface area contributed by atoms with Crippen LogP contribution in [0.4, 0.5) is 8.78 Å². The molecule has 0 amide bonds. The van der Waals surface area contributed by atoms with Crippen molar-refractivity contribution in [2.75, 3.05) is 7.11 Å². The molecule has 0 spiro atoms. The van der Waals surface area contributed by atoms with E-state index in [2.05, 4.69) is 25.7 Å². The van der Waals surface area contributed by atoms with Gasteiger partial charge in [0.25, 0.3) is 6.43 Å². The molecular weight excluding hydrogens is 298 g/mol. The number of halogens is 3. The van der Waals surface area contributed by atoms with Crippen LogP contribution in [-0.2, 0) is 10.1 Å². The number of aromatic nitrogens is 1. The fraction of sp³-hybridized carbons (Fsp3) is 0.300. The summed E-state index contributed by atoms with van der Waals surface area (Å²) >= 11 is 3.09. The number of ether oxygens (including phenoxy) is 1.